The Morgan fingerprint density at radius 2 is 2.10 bits per heavy atom. The zero-order chi connectivity index (χ0) is 14.1. The van der Waals surface area contributed by atoms with E-state index in [2.05, 4.69) is 40.9 Å². The number of hydrogen-bond acceptors (Lipinski definition) is 3. The predicted molar refractivity (Wildman–Crippen MR) is 87.2 cm³/mol. The molecule has 1 aromatic heterocycles. The minimum absolute atomic E-state index is 0.310. The second-order valence-corrected chi connectivity index (χ2v) is 7.81. The fourth-order valence-electron chi connectivity index (χ4n) is 3.86. The maximum Gasteiger partial charge on any atom is 0.0309 e. The first-order valence-corrected chi connectivity index (χ1v) is 9.11. The van der Waals surface area contributed by atoms with Gasteiger partial charge in [-0.25, -0.2) is 0 Å². The summed E-state index contributed by atoms with van der Waals surface area (Å²) in [6, 6.07) is 2.29. The molecule has 0 aromatic carbocycles. The molecule has 2 fully saturated rings. The van der Waals surface area contributed by atoms with E-state index in [0.717, 1.165) is 13.1 Å². The molecule has 1 saturated heterocycles. The van der Waals surface area contributed by atoms with Crippen molar-refractivity contribution in [2.75, 3.05) is 13.1 Å². The molecule has 1 unspecified atom stereocenters. The topological polar surface area (TPSA) is 15.3 Å². The fourth-order valence-corrected chi connectivity index (χ4v) is 4.52. The monoisotopic (exact) mass is 292 g/mol. The minimum Gasteiger partial charge on any atom is -0.308 e. The molecule has 2 nitrogen and oxygen atoms in total. The molecular weight excluding hydrogens is 264 g/mol. The first-order chi connectivity index (χ1) is 9.66. The number of thiophene rings is 1. The van der Waals surface area contributed by atoms with Gasteiger partial charge in [-0.1, -0.05) is 26.2 Å². The highest BCUT2D eigenvalue weighted by Crippen LogP contribution is 2.36. The van der Waals surface area contributed by atoms with E-state index in [0.29, 0.717) is 11.1 Å². The summed E-state index contributed by atoms with van der Waals surface area (Å²) in [7, 11) is 0. The Morgan fingerprint density at radius 1 is 1.30 bits per heavy atom. The summed E-state index contributed by atoms with van der Waals surface area (Å²) in [4.78, 5) is 2.76. The van der Waals surface area contributed by atoms with Crippen molar-refractivity contribution in [3.63, 3.8) is 0 Å². The quantitative estimate of drug-likeness (QED) is 0.905. The Bertz CT molecular complexity index is 422. The van der Waals surface area contributed by atoms with Gasteiger partial charge in [0.2, 0.25) is 0 Å². The second kappa shape index (κ2) is 5.78. The van der Waals surface area contributed by atoms with E-state index in [4.69, 9.17) is 0 Å². The Hall–Kier alpha value is -0.380. The normalized spacial score (nSPS) is 30.7. The summed E-state index contributed by atoms with van der Waals surface area (Å²) in [5.74, 6) is 0. The van der Waals surface area contributed by atoms with E-state index in [-0.39, 0.29) is 0 Å². The Balaban J connectivity index is 1.77. The summed E-state index contributed by atoms with van der Waals surface area (Å²) in [6.45, 7) is 8.27. The zero-order valence-electron chi connectivity index (χ0n) is 13.0. The van der Waals surface area contributed by atoms with E-state index >= 15 is 0 Å². The molecule has 1 aliphatic carbocycles. The number of nitrogens with one attached hydrogen (secondary N) is 1. The van der Waals surface area contributed by atoms with Crippen molar-refractivity contribution < 1.29 is 0 Å². The van der Waals surface area contributed by atoms with Gasteiger partial charge in [-0.2, -0.15) is 11.3 Å². The van der Waals surface area contributed by atoms with Crippen molar-refractivity contribution in [3.8, 4) is 0 Å². The summed E-state index contributed by atoms with van der Waals surface area (Å²) in [5, 5.41) is 8.46. The van der Waals surface area contributed by atoms with Crippen LogP contribution in [0.4, 0.5) is 0 Å². The van der Waals surface area contributed by atoms with Crippen molar-refractivity contribution in [3.05, 3.63) is 22.4 Å². The standard InChI is InChI=1S/C17H28N2S/c1-3-16(2)13-18-17(8-5-4-6-9-17)14-19(16)11-15-7-10-20-12-15/h7,10,12,18H,3-6,8-9,11,13-14H2,1-2H3. The Morgan fingerprint density at radius 3 is 2.75 bits per heavy atom. The van der Waals surface area contributed by atoms with Crippen molar-refractivity contribution in [1.82, 2.24) is 10.2 Å². The van der Waals surface area contributed by atoms with Gasteiger partial charge in [-0.15, -0.1) is 0 Å². The van der Waals surface area contributed by atoms with E-state index in [9.17, 15) is 0 Å². The molecule has 1 aliphatic heterocycles. The van der Waals surface area contributed by atoms with E-state index in [1.54, 1.807) is 0 Å². The van der Waals surface area contributed by atoms with Crippen molar-refractivity contribution in [1.29, 1.82) is 0 Å². The number of nitrogens with zero attached hydrogens (tertiary/aromatic N) is 1. The molecule has 2 aliphatic rings. The number of piperazine rings is 1. The molecule has 20 heavy (non-hydrogen) atoms. The summed E-state index contributed by atoms with van der Waals surface area (Å²) >= 11 is 1.82. The molecule has 1 saturated carbocycles. The van der Waals surface area contributed by atoms with E-state index in [1.807, 2.05) is 11.3 Å². The molecule has 1 atom stereocenters. The molecule has 0 radical (unpaired) electrons. The molecule has 0 amide bonds. The number of hydrogen-bond donors (Lipinski definition) is 1. The van der Waals surface area contributed by atoms with Crippen LogP contribution < -0.4 is 5.32 Å². The summed E-state index contributed by atoms with van der Waals surface area (Å²) in [5.41, 5.74) is 2.20. The summed E-state index contributed by atoms with van der Waals surface area (Å²) < 4.78 is 0. The van der Waals surface area contributed by atoms with Crippen LogP contribution in [0.25, 0.3) is 0 Å². The maximum atomic E-state index is 3.95. The zero-order valence-corrected chi connectivity index (χ0v) is 13.8. The van der Waals surface area contributed by atoms with Gasteiger partial charge >= 0.3 is 0 Å². The van der Waals surface area contributed by atoms with Crippen LogP contribution >= 0.6 is 11.3 Å². The molecule has 112 valence electrons. The Labute approximate surface area is 127 Å². The highest BCUT2D eigenvalue weighted by Gasteiger charge is 2.44. The smallest absolute Gasteiger partial charge is 0.0309 e. The van der Waals surface area contributed by atoms with Crippen LogP contribution in [0.2, 0.25) is 0 Å². The molecule has 1 aromatic rings. The lowest BCUT2D eigenvalue weighted by molar-refractivity contribution is -0.00728. The highest BCUT2D eigenvalue weighted by molar-refractivity contribution is 7.07. The van der Waals surface area contributed by atoms with E-state index < -0.39 is 0 Å². The fraction of sp³-hybridized carbons (Fsp3) is 0.765. The third kappa shape index (κ3) is 2.81. The highest BCUT2D eigenvalue weighted by atomic mass is 32.1. The molecule has 0 bridgehead atoms. The lowest BCUT2D eigenvalue weighted by Crippen LogP contribution is -2.69. The van der Waals surface area contributed by atoms with Gasteiger partial charge in [0.05, 0.1) is 0 Å². The largest absolute Gasteiger partial charge is 0.308 e. The van der Waals surface area contributed by atoms with Crippen LogP contribution in [-0.4, -0.2) is 29.1 Å². The van der Waals surface area contributed by atoms with Crippen LogP contribution in [0.1, 0.15) is 57.9 Å². The van der Waals surface area contributed by atoms with Gasteiger partial charge in [0.1, 0.15) is 0 Å². The number of rotatable bonds is 3. The van der Waals surface area contributed by atoms with Gasteiger partial charge in [0.15, 0.2) is 0 Å². The first kappa shape index (κ1) is 14.6. The molecule has 3 rings (SSSR count). The van der Waals surface area contributed by atoms with Gasteiger partial charge in [-0.3, -0.25) is 4.90 Å². The molecule has 1 spiro atoms. The van der Waals surface area contributed by atoms with Gasteiger partial charge in [0, 0.05) is 30.7 Å². The van der Waals surface area contributed by atoms with Crippen LogP contribution in [-0.2, 0) is 6.54 Å². The third-order valence-electron chi connectivity index (χ3n) is 5.63. The van der Waals surface area contributed by atoms with Crippen LogP contribution in [0.5, 0.6) is 0 Å². The van der Waals surface area contributed by atoms with E-state index in [1.165, 1.54) is 50.6 Å². The lowest BCUT2D eigenvalue weighted by Gasteiger charge is -2.54. The first-order valence-electron chi connectivity index (χ1n) is 8.17. The second-order valence-electron chi connectivity index (χ2n) is 7.03. The maximum absolute atomic E-state index is 3.95. The van der Waals surface area contributed by atoms with Crippen molar-refractivity contribution in [2.45, 2.75) is 70.0 Å². The SMILES string of the molecule is CCC1(C)CNC2(CCCCC2)CN1Cc1ccsc1. The van der Waals surface area contributed by atoms with Gasteiger partial charge < -0.3 is 5.32 Å². The van der Waals surface area contributed by atoms with Crippen molar-refractivity contribution in [2.24, 2.45) is 0 Å². The lowest BCUT2D eigenvalue weighted by atomic mass is 9.77. The molecule has 2 heterocycles. The Kier molecular flexibility index (Phi) is 4.21. The van der Waals surface area contributed by atoms with Gasteiger partial charge in [-0.05, 0) is 48.6 Å². The van der Waals surface area contributed by atoms with Crippen LogP contribution in [0.3, 0.4) is 0 Å². The molecule has 1 N–H and O–H groups in total. The predicted octanol–water partition coefficient (Wildman–Crippen LogP) is 4.02. The molecule has 3 heteroatoms. The average molecular weight is 292 g/mol. The third-order valence-corrected chi connectivity index (χ3v) is 6.36. The minimum atomic E-state index is 0.310. The van der Waals surface area contributed by atoms with Crippen LogP contribution in [0.15, 0.2) is 16.8 Å². The van der Waals surface area contributed by atoms with Crippen LogP contribution in [0, 0.1) is 0 Å². The molecular formula is C17H28N2S. The van der Waals surface area contributed by atoms with Crippen molar-refractivity contribution >= 4 is 11.3 Å². The average Bonchev–Trinajstić information content (AvgIpc) is 2.97. The summed E-state index contributed by atoms with van der Waals surface area (Å²) in [6.07, 6.45) is 8.20. The van der Waals surface area contributed by atoms with Gasteiger partial charge in [0.25, 0.3) is 0 Å².